The van der Waals surface area contributed by atoms with Crippen molar-refractivity contribution < 1.29 is 14.0 Å². The van der Waals surface area contributed by atoms with E-state index >= 15 is 0 Å². The Morgan fingerprint density at radius 2 is 1.69 bits per heavy atom. The molecule has 0 bridgehead atoms. The first-order valence-corrected chi connectivity index (χ1v) is 9.12. The van der Waals surface area contributed by atoms with Gasteiger partial charge in [0.1, 0.15) is 17.7 Å². The van der Waals surface area contributed by atoms with Gasteiger partial charge < -0.3 is 5.32 Å². The van der Waals surface area contributed by atoms with Crippen molar-refractivity contribution in [2.75, 3.05) is 5.32 Å². The normalized spacial score (nSPS) is 10.2. The zero-order valence-electron chi connectivity index (χ0n) is 15.9. The van der Waals surface area contributed by atoms with Crippen LogP contribution < -0.4 is 5.32 Å². The number of hydrogen-bond acceptors (Lipinski definition) is 3. The molecule has 0 atom stereocenters. The second-order valence-corrected chi connectivity index (χ2v) is 6.84. The van der Waals surface area contributed by atoms with Crippen molar-refractivity contribution in [3.8, 4) is 6.07 Å². The first kappa shape index (κ1) is 20.0. The minimum Gasteiger partial charge on any atom is -0.321 e. The van der Waals surface area contributed by atoms with Gasteiger partial charge in [-0.2, -0.15) is 5.26 Å². The van der Waals surface area contributed by atoms with Gasteiger partial charge in [-0.25, -0.2) is 4.39 Å². The maximum Gasteiger partial charge on any atom is 0.255 e. The molecule has 0 unspecified atom stereocenters. The highest BCUT2D eigenvalue weighted by Gasteiger charge is 2.12. The van der Waals surface area contributed by atoms with Crippen LogP contribution in [0, 0.1) is 24.1 Å². The molecule has 0 fully saturated rings. The predicted molar refractivity (Wildman–Crippen MR) is 109 cm³/mol. The van der Waals surface area contributed by atoms with Gasteiger partial charge in [-0.1, -0.05) is 42.0 Å². The van der Waals surface area contributed by atoms with Crippen molar-refractivity contribution in [3.63, 3.8) is 0 Å². The molecule has 0 aliphatic carbocycles. The fourth-order valence-electron chi connectivity index (χ4n) is 3.07. The Bertz CT molecular complexity index is 1120. The van der Waals surface area contributed by atoms with Crippen LogP contribution in [0.4, 0.5) is 10.1 Å². The summed E-state index contributed by atoms with van der Waals surface area (Å²) < 4.78 is 13.3. The summed E-state index contributed by atoms with van der Waals surface area (Å²) in [5, 5.41) is 12.0. The molecule has 5 heteroatoms. The second kappa shape index (κ2) is 8.94. The summed E-state index contributed by atoms with van der Waals surface area (Å²) in [7, 11) is 0. The molecule has 4 nitrogen and oxygen atoms in total. The Morgan fingerprint density at radius 3 is 2.38 bits per heavy atom. The Labute approximate surface area is 168 Å². The number of nitrogens with one attached hydrogen (secondary N) is 1. The molecule has 1 N–H and O–H groups in total. The highest BCUT2D eigenvalue weighted by molar-refractivity contribution is 6.05. The van der Waals surface area contributed by atoms with Crippen LogP contribution in [0.3, 0.4) is 0 Å². The van der Waals surface area contributed by atoms with Gasteiger partial charge >= 0.3 is 0 Å². The van der Waals surface area contributed by atoms with Gasteiger partial charge in [-0.15, -0.1) is 0 Å². The predicted octanol–water partition coefficient (Wildman–Crippen LogP) is 4.61. The maximum atomic E-state index is 13.3. The number of carbonyl (C=O) groups is 2. The number of Topliss-reactive ketones (excluding diaryl/α,β-unsaturated/α-hetero) is 1. The highest BCUT2D eigenvalue weighted by Crippen LogP contribution is 2.19. The smallest absolute Gasteiger partial charge is 0.255 e. The standard InChI is InChI=1S/C24H19FN2O2/c1-16-4-2-5-17(10-16)12-22(28)13-18-8-9-23(20(11-18)15-26)27-24(29)19-6-3-7-21(25)14-19/h2-11,14H,12-13H2,1H3,(H,27,29). The average molecular weight is 386 g/mol. The van der Waals surface area contributed by atoms with Crippen molar-refractivity contribution in [3.05, 3.63) is 100 Å². The van der Waals surface area contributed by atoms with Crippen molar-refractivity contribution in [2.45, 2.75) is 19.8 Å². The number of halogens is 1. The van der Waals surface area contributed by atoms with E-state index in [9.17, 15) is 19.2 Å². The number of nitrogens with zero attached hydrogens (tertiary/aromatic N) is 1. The summed E-state index contributed by atoms with van der Waals surface area (Å²) in [4.78, 5) is 24.7. The Kier molecular flexibility index (Phi) is 6.16. The number of hydrogen-bond donors (Lipinski definition) is 1. The molecule has 0 spiro atoms. The number of carbonyl (C=O) groups excluding carboxylic acids is 2. The summed E-state index contributed by atoms with van der Waals surface area (Å²) in [6.45, 7) is 1.98. The molecular formula is C24H19FN2O2. The van der Waals surface area contributed by atoms with Crippen LogP contribution in [0.5, 0.6) is 0 Å². The molecule has 144 valence electrons. The first-order chi connectivity index (χ1) is 13.9. The van der Waals surface area contributed by atoms with E-state index in [4.69, 9.17) is 0 Å². The van der Waals surface area contributed by atoms with Gasteiger partial charge in [0.15, 0.2) is 0 Å². The van der Waals surface area contributed by atoms with E-state index in [-0.39, 0.29) is 23.3 Å². The quantitative estimate of drug-likeness (QED) is 0.672. The highest BCUT2D eigenvalue weighted by atomic mass is 19.1. The van der Waals surface area contributed by atoms with E-state index in [0.29, 0.717) is 17.7 Å². The zero-order valence-corrected chi connectivity index (χ0v) is 15.9. The number of nitriles is 1. The van der Waals surface area contributed by atoms with E-state index < -0.39 is 11.7 Å². The molecule has 0 radical (unpaired) electrons. The second-order valence-electron chi connectivity index (χ2n) is 6.84. The molecule has 0 aliphatic rings. The Hall–Kier alpha value is -3.78. The lowest BCUT2D eigenvalue weighted by Crippen LogP contribution is -2.13. The molecule has 0 aromatic heterocycles. The van der Waals surface area contributed by atoms with Gasteiger partial charge in [-0.3, -0.25) is 9.59 Å². The number of ketones is 1. The summed E-state index contributed by atoms with van der Waals surface area (Å²) in [5.74, 6) is -0.985. The van der Waals surface area contributed by atoms with Crippen LogP contribution in [-0.2, 0) is 17.6 Å². The lowest BCUT2D eigenvalue weighted by Gasteiger charge is -2.09. The van der Waals surface area contributed by atoms with Crippen LogP contribution in [0.15, 0.2) is 66.7 Å². The van der Waals surface area contributed by atoms with E-state index in [1.807, 2.05) is 37.3 Å². The molecule has 0 heterocycles. The largest absolute Gasteiger partial charge is 0.321 e. The summed E-state index contributed by atoms with van der Waals surface area (Å²) in [6.07, 6.45) is 0.516. The molecule has 3 aromatic rings. The monoisotopic (exact) mass is 386 g/mol. The third kappa shape index (κ3) is 5.36. The molecule has 0 aliphatic heterocycles. The van der Waals surface area contributed by atoms with E-state index in [1.54, 1.807) is 18.2 Å². The SMILES string of the molecule is Cc1cccc(CC(=O)Cc2ccc(NC(=O)c3cccc(F)c3)c(C#N)c2)c1. The van der Waals surface area contributed by atoms with Gasteiger partial charge in [0.25, 0.3) is 5.91 Å². The van der Waals surface area contributed by atoms with Crippen molar-refractivity contribution in [1.29, 1.82) is 5.26 Å². The number of aryl methyl sites for hydroxylation is 1. The average Bonchev–Trinajstić information content (AvgIpc) is 2.69. The Morgan fingerprint density at radius 1 is 0.966 bits per heavy atom. The summed E-state index contributed by atoms with van der Waals surface area (Å²) in [5.41, 5.74) is 3.47. The van der Waals surface area contributed by atoms with Gasteiger partial charge in [-0.05, 0) is 48.4 Å². The third-order valence-corrected chi connectivity index (χ3v) is 4.42. The number of benzene rings is 3. The van der Waals surface area contributed by atoms with Crippen molar-refractivity contribution in [2.24, 2.45) is 0 Å². The fraction of sp³-hybridized carbons (Fsp3) is 0.125. The van der Waals surface area contributed by atoms with E-state index in [1.165, 1.54) is 18.2 Å². The van der Waals surface area contributed by atoms with Crippen molar-refractivity contribution >= 4 is 17.4 Å². The van der Waals surface area contributed by atoms with Crippen LogP contribution in [0.25, 0.3) is 0 Å². The topological polar surface area (TPSA) is 70.0 Å². The van der Waals surface area contributed by atoms with Crippen LogP contribution >= 0.6 is 0 Å². The molecule has 0 saturated heterocycles. The molecule has 3 aromatic carbocycles. The molecule has 3 rings (SSSR count). The number of amides is 1. The lowest BCUT2D eigenvalue weighted by molar-refractivity contribution is -0.117. The summed E-state index contributed by atoms with van der Waals surface area (Å²) in [6, 6.07) is 20.0. The Balaban J connectivity index is 1.70. The zero-order chi connectivity index (χ0) is 20.8. The first-order valence-electron chi connectivity index (χ1n) is 9.12. The summed E-state index contributed by atoms with van der Waals surface area (Å²) >= 11 is 0. The van der Waals surface area contributed by atoms with Crippen LogP contribution in [0.2, 0.25) is 0 Å². The van der Waals surface area contributed by atoms with Crippen LogP contribution in [0.1, 0.15) is 32.6 Å². The van der Waals surface area contributed by atoms with Crippen molar-refractivity contribution in [1.82, 2.24) is 0 Å². The molecule has 1 amide bonds. The molecule has 29 heavy (non-hydrogen) atoms. The van der Waals surface area contributed by atoms with Crippen LogP contribution in [-0.4, -0.2) is 11.7 Å². The molecular weight excluding hydrogens is 367 g/mol. The maximum absolute atomic E-state index is 13.3. The molecule has 0 saturated carbocycles. The van der Waals surface area contributed by atoms with E-state index in [0.717, 1.165) is 17.2 Å². The number of rotatable bonds is 6. The number of anilines is 1. The van der Waals surface area contributed by atoms with Gasteiger partial charge in [0.2, 0.25) is 0 Å². The van der Waals surface area contributed by atoms with E-state index in [2.05, 4.69) is 5.32 Å². The third-order valence-electron chi connectivity index (χ3n) is 4.42. The van der Waals surface area contributed by atoms with Gasteiger partial charge in [0.05, 0.1) is 11.3 Å². The minimum atomic E-state index is -0.513. The minimum absolute atomic E-state index is 0.0380. The van der Waals surface area contributed by atoms with Gasteiger partial charge in [0, 0.05) is 18.4 Å². The fourth-order valence-corrected chi connectivity index (χ4v) is 3.07. The lowest BCUT2D eigenvalue weighted by atomic mass is 10.00.